The Bertz CT molecular complexity index is 604. The van der Waals surface area contributed by atoms with Crippen molar-refractivity contribution in [3.8, 4) is 0 Å². The zero-order valence-corrected chi connectivity index (χ0v) is 11.1. The molecule has 1 aliphatic rings. The van der Waals surface area contributed by atoms with Crippen LogP contribution in [-0.2, 0) is 0 Å². The molecular weight excluding hydrogens is 256 g/mol. The quantitative estimate of drug-likeness (QED) is 0.824. The van der Waals surface area contributed by atoms with Crippen LogP contribution in [0.3, 0.4) is 0 Å². The van der Waals surface area contributed by atoms with Crippen LogP contribution in [0.25, 0.3) is 0 Å². The van der Waals surface area contributed by atoms with Gasteiger partial charge in [-0.2, -0.15) is 5.10 Å². The molecule has 1 aliphatic heterocycles. The third-order valence-corrected chi connectivity index (χ3v) is 3.41. The minimum Gasteiger partial charge on any atom is -0.375 e. The lowest BCUT2D eigenvalue weighted by atomic mass is 10.0. The highest BCUT2D eigenvalue weighted by Crippen LogP contribution is 2.31. The Hall–Kier alpha value is -2.14. The van der Waals surface area contributed by atoms with Crippen LogP contribution in [0.5, 0.6) is 0 Å². The Kier molecular flexibility index (Phi) is 3.05. The van der Waals surface area contributed by atoms with E-state index >= 15 is 0 Å². The molecule has 0 saturated carbocycles. The summed E-state index contributed by atoms with van der Waals surface area (Å²) in [6.45, 7) is 0. The average molecular weight is 270 g/mol. The fourth-order valence-electron chi connectivity index (χ4n) is 2.31. The van der Waals surface area contributed by atoms with Crippen molar-refractivity contribution in [1.82, 2.24) is 9.99 Å². The molecule has 3 N–H and O–H groups in total. The van der Waals surface area contributed by atoms with Gasteiger partial charge in [0.25, 0.3) is 0 Å². The maximum Gasteiger partial charge on any atom is 0.187 e. The molecule has 2 heterocycles. The van der Waals surface area contributed by atoms with Gasteiger partial charge in [-0.1, -0.05) is 30.3 Å². The fourth-order valence-corrected chi connectivity index (χ4v) is 2.48. The molecule has 96 valence electrons. The van der Waals surface area contributed by atoms with Crippen molar-refractivity contribution >= 4 is 23.0 Å². The lowest BCUT2D eigenvalue weighted by Crippen LogP contribution is -2.31. The second-order valence-electron chi connectivity index (χ2n) is 4.44. The normalized spacial score (nSPS) is 18.4. The highest BCUT2D eigenvalue weighted by molar-refractivity contribution is 7.80. The number of hydrogen-bond acceptors (Lipinski definition) is 2. The van der Waals surface area contributed by atoms with Crippen LogP contribution < -0.4 is 5.73 Å². The van der Waals surface area contributed by atoms with Crippen LogP contribution in [0.15, 0.2) is 53.8 Å². The molecule has 1 aromatic heterocycles. The number of hydrogen-bond donors (Lipinski definition) is 2. The highest BCUT2D eigenvalue weighted by Gasteiger charge is 2.30. The standard InChI is InChI=1S/C14H14N4S/c15-14(19)18-13(11-7-4-8-16-11)9-12(17-18)10-5-2-1-3-6-10/h1-8,13,16H,9H2,(H2,15,19). The molecule has 0 spiro atoms. The van der Waals surface area contributed by atoms with E-state index in [2.05, 4.69) is 10.1 Å². The van der Waals surface area contributed by atoms with Crippen molar-refractivity contribution in [3.05, 3.63) is 59.9 Å². The van der Waals surface area contributed by atoms with Crippen molar-refractivity contribution in [2.24, 2.45) is 10.8 Å². The molecule has 19 heavy (non-hydrogen) atoms. The fraction of sp³-hybridized carbons (Fsp3) is 0.143. The van der Waals surface area contributed by atoms with Gasteiger partial charge < -0.3 is 10.7 Å². The number of H-pyrrole nitrogens is 1. The van der Waals surface area contributed by atoms with Gasteiger partial charge in [-0.15, -0.1) is 0 Å². The van der Waals surface area contributed by atoms with Gasteiger partial charge in [0.05, 0.1) is 5.71 Å². The van der Waals surface area contributed by atoms with E-state index in [4.69, 9.17) is 18.0 Å². The summed E-state index contributed by atoms with van der Waals surface area (Å²) >= 11 is 5.09. The number of nitrogens with one attached hydrogen (secondary N) is 1. The number of hydrazone groups is 1. The molecule has 3 rings (SSSR count). The lowest BCUT2D eigenvalue weighted by molar-refractivity contribution is 0.367. The van der Waals surface area contributed by atoms with Crippen molar-refractivity contribution < 1.29 is 0 Å². The Balaban J connectivity index is 1.94. The van der Waals surface area contributed by atoms with E-state index in [0.29, 0.717) is 5.11 Å². The third-order valence-electron chi connectivity index (χ3n) is 3.22. The van der Waals surface area contributed by atoms with E-state index in [1.54, 1.807) is 5.01 Å². The van der Waals surface area contributed by atoms with Crippen LogP contribution in [0.2, 0.25) is 0 Å². The maximum atomic E-state index is 5.77. The summed E-state index contributed by atoms with van der Waals surface area (Å²) < 4.78 is 0. The first kappa shape index (κ1) is 11.9. The van der Waals surface area contributed by atoms with Gasteiger partial charge in [-0.25, -0.2) is 5.01 Å². The number of aromatic amines is 1. The van der Waals surface area contributed by atoms with Gasteiger partial charge in [-0.05, 0) is 29.9 Å². The van der Waals surface area contributed by atoms with Crippen molar-refractivity contribution in [1.29, 1.82) is 0 Å². The molecular formula is C14H14N4S. The summed E-state index contributed by atoms with van der Waals surface area (Å²) in [7, 11) is 0. The number of benzene rings is 1. The first-order valence-corrected chi connectivity index (χ1v) is 6.51. The maximum absolute atomic E-state index is 5.77. The smallest absolute Gasteiger partial charge is 0.187 e. The summed E-state index contributed by atoms with van der Waals surface area (Å²) in [4.78, 5) is 3.21. The molecule has 2 aromatic rings. The predicted molar refractivity (Wildman–Crippen MR) is 79.8 cm³/mol. The van der Waals surface area contributed by atoms with E-state index in [1.165, 1.54) is 0 Å². The number of rotatable bonds is 2. The van der Waals surface area contributed by atoms with Crippen LogP contribution in [0.4, 0.5) is 0 Å². The third kappa shape index (κ3) is 2.24. The highest BCUT2D eigenvalue weighted by atomic mass is 32.1. The van der Waals surface area contributed by atoms with Gasteiger partial charge in [-0.3, -0.25) is 0 Å². The Morgan fingerprint density at radius 2 is 2.05 bits per heavy atom. The zero-order valence-electron chi connectivity index (χ0n) is 10.3. The summed E-state index contributed by atoms with van der Waals surface area (Å²) in [6, 6.07) is 14.2. The second kappa shape index (κ2) is 4.85. The van der Waals surface area contributed by atoms with Gasteiger partial charge in [0.1, 0.15) is 6.04 Å². The Labute approximate surface area is 116 Å². The molecule has 1 atom stereocenters. The minimum atomic E-state index is 0.0581. The summed E-state index contributed by atoms with van der Waals surface area (Å²) in [5, 5.41) is 6.57. The minimum absolute atomic E-state index is 0.0581. The molecule has 1 aromatic carbocycles. The molecule has 1 unspecified atom stereocenters. The largest absolute Gasteiger partial charge is 0.375 e. The summed E-state index contributed by atoms with van der Waals surface area (Å²) in [5.74, 6) is 0. The number of thiocarbonyl (C=S) groups is 1. The van der Waals surface area contributed by atoms with Gasteiger partial charge >= 0.3 is 0 Å². The van der Waals surface area contributed by atoms with Crippen LogP contribution in [0.1, 0.15) is 23.7 Å². The summed E-state index contributed by atoms with van der Waals surface area (Å²) in [5.41, 5.74) is 8.96. The first-order chi connectivity index (χ1) is 9.25. The molecule has 5 heteroatoms. The Morgan fingerprint density at radius 3 is 2.68 bits per heavy atom. The van der Waals surface area contributed by atoms with Crippen LogP contribution in [0, 0.1) is 0 Å². The SMILES string of the molecule is NC(=S)N1N=C(c2ccccc2)CC1c1ccc[nH]1. The molecule has 0 aliphatic carbocycles. The van der Waals surface area contributed by atoms with E-state index in [-0.39, 0.29) is 6.04 Å². The molecule has 0 amide bonds. The van der Waals surface area contributed by atoms with Crippen molar-refractivity contribution in [2.45, 2.75) is 12.5 Å². The number of aromatic nitrogens is 1. The van der Waals surface area contributed by atoms with Gasteiger partial charge in [0, 0.05) is 18.3 Å². The molecule has 0 fully saturated rings. The van der Waals surface area contributed by atoms with E-state index in [9.17, 15) is 0 Å². The second-order valence-corrected chi connectivity index (χ2v) is 4.86. The molecule has 0 bridgehead atoms. The van der Waals surface area contributed by atoms with Gasteiger partial charge in [0.2, 0.25) is 0 Å². The molecule has 0 radical (unpaired) electrons. The number of nitrogens with zero attached hydrogens (tertiary/aromatic N) is 2. The van der Waals surface area contributed by atoms with Crippen LogP contribution >= 0.6 is 12.2 Å². The first-order valence-electron chi connectivity index (χ1n) is 6.10. The lowest BCUT2D eigenvalue weighted by Gasteiger charge is -2.20. The topological polar surface area (TPSA) is 57.4 Å². The van der Waals surface area contributed by atoms with E-state index in [1.807, 2.05) is 48.7 Å². The number of nitrogens with two attached hydrogens (primary N) is 1. The zero-order chi connectivity index (χ0) is 13.2. The van der Waals surface area contributed by atoms with Crippen molar-refractivity contribution in [3.63, 3.8) is 0 Å². The monoisotopic (exact) mass is 270 g/mol. The van der Waals surface area contributed by atoms with Gasteiger partial charge in [0.15, 0.2) is 5.11 Å². The molecule has 4 nitrogen and oxygen atoms in total. The van der Waals surface area contributed by atoms with Crippen LogP contribution in [-0.4, -0.2) is 20.8 Å². The van der Waals surface area contributed by atoms with E-state index < -0.39 is 0 Å². The molecule has 0 saturated heterocycles. The Morgan fingerprint density at radius 1 is 1.26 bits per heavy atom. The van der Waals surface area contributed by atoms with E-state index in [0.717, 1.165) is 23.4 Å². The summed E-state index contributed by atoms with van der Waals surface area (Å²) in [6.07, 6.45) is 2.69. The predicted octanol–water partition coefficient (Wildman–Crippen LogP) is 2.41. The van der Waals surface area contributed by atoms with Crippen molar-refractivity contribution in [2.75, 3.05) is 0 Å². The average Bonchev–Trinajstić information content (AvgIpc) is 3.08.